The molecule has 5 rings (SSSR count). The van der Waals surface area contributed by atoms with E-state index in [2.05, 4.69) is 47.4 Å². The molecule has 0 saturated carbocycles. The highest BCUT2D eigenvalue weighted by molar-refractivity contribution is 5.74. The van der Waals surface area contributed by atoms with Crippen LogP contribution in [0.25, 0.3) is 12.2 Å². The van der Waals surface area contributed by atoms with Crippen molar-refractivity contribution in [1.82, 2.24) is 0 Å². The first-order chi connectivity index (χ1) is 22.5. The minimum Gasteiger partial charge on any atom is -0.445 e. The van der Waals surface area contributed by atoms with Crippen LogP contribution in [0.1, 0.15) is 76.4 Å². The van der Waals surface area contributed by atoms with Gasteiger partial charge < -0.3 is 17.7 Å². The minimum absolute atomic E-state index is 0.153. The van der Waals surface area contributed by atoms with E-state index in [-0.39, 0.29) is 23.0 Å². The molecule has 0 N–H and O–H groups in total. The minimum atomic E-state index is 0.153. The average molecular weight is 603 g/mol. The van der Waals surface area contributed by atoms with E-state index in [1.807, 2.05) is 24.3 Å². The summed E-state index contributed by atoms with van der Waals surface area (Å²) in [5, 5.41) is 0. The Kier molecular flexibility index (Phi) is 9.70. The Hall–Kier alpha value is -7.26. The summed E-state index contributed by atoms with van der Waals surface area (Å²) in [6.45, 7) is 0. The molecule has 0 atom stereocenters. The van der Waals surface area contributed by atoms with Crippen LogP contribution in [0.4, 0.5) is 0 Å². The highest BCUT2D eigenvalue weighted by atomic mass is 16.4. The Morgan fingerprint density at radius 3 is 0.870 bits per heavy atom. The number of aldehydes is 4. The number of carbonyl (C=O) groups excluding carboxylic acids is 4. The first-order valence-corrected chi connectivity index (χ1v) is 13.3. The molecular weight excluding hydrogens is 584 g/mol. The van der Waals surface area contributed by atoms with E-state index < -0.39 is 0 Å². The van der Waals surface area contributed by atoms with Gasteiger partial charge in [-0.15, -0.1) is 0 Å². The Balaban J connectivity index is 1.45. The van der Waals surface area contributed by atoms with Crippen LogP contribution in [0.2, 0.25) is 0 Å². The monoisotopic (exact) mass is 602 g/mol. The lowest BCUT2D eigenvalue weighted by atomic mass is 10.1. The summed E-state index contributed by atoms with van der Waals surface area (Å²) in [5.41, 5.74) is 2.36. The van der Waals surface area contributed by atoms with Crippen LogP contribution in [-0.4, -0.2) is 25.1 Å². The molecule has 218 valence electrons. The number of allylic oxidation sites excluding steroid dienone is 2. The summed E-state index contributed by atoms with van der Waals surface area (Å²) in [6, 6.07) is 19.7. The van der Waals surface area contributed by atoms with E-state index in [1.165, 1.54) is 24.3 Å². The third-order valence-electron chi connectivity index (χ3n) is 5.81. The fourth-order valence-electron chi connectivity index (χ4n) is 3.68. The van der Waals surface area contributed by atoms with Gasteiger partial charge in [-0.1, -0.05) is 24.3 Å². The SMILES string of the molecule is O=Cc1ccc(C#CC(C#Cc2ccc(C=O)o2)=Cc2ccc(C=C(C#Cc3ccc(C=O)o3)C#Cc3ccc(C=O)o3)cc2)o1. The molecular formula is C38H18O8. The molecule has 0 aliphatic carbocycles. The molecule has 5 aromatic rings. The summed E-state index contributed by atoms with van der Waals surface area (Å²) in [6.07, 6.45) is 5.85. The van der Waals surface area contributed by atoms with Crippen molar-refractivity contribution in [2.45, 2.75) is 0 Å². The summed E-state index contributed by atoms with van der Waals surface area (Å²) < 4.78 is 21.3. The van der Waals surface area contributed by atoms with Gasteiger partial charge in [0.2, 0.25) is 0 Å². The Labute approximate surface area is 262 Å². The summed E-state index contributed by atoms with van der Waals surface area (Å²) in [4.78, 5) is 43.8. The zero-order chi connectivity index (χ0) is 32.1. The normalized spacial score (nSPS) is 9.39. The van der Waals surface area contributed by atoms with Gasteiger partial charge in [0.1, 0.15) is 0 Å². The zero-order valence-electron chi connectivity index (χ0n) is 23.7. The fraction of sp³-hybridized carbons (Fsp3) is 0. The van der Waals surface area contributed by atoms with Gasteiger partial charge in [0.15, 0.2) is 71.2 Å². The number of rotatable bonds is 6. The van der Waals surface area contributed by atoms with Crippen molar-refractivity contribution in [3.05, 3.63) is 141 Å². The van der Waals surface area contributed by atoms with Crippen LogP contribution in [0.15, 0.2) is 102 Å². The first kappa shape index (κ1) is 30.2. The third-order valence-corrected chi connectivity index (χ3v) is 5.81. The van der Waals surface area contributed by atoms with Gasteiger partial charge in [-0.25, -0.2) is 0 Å². The predicted molar refractivity (Wildman–Crippen MR) is 166 cm³/mol. The lowest BCUT2D eigenvalue weighted by molar-refractivity contribution is 0.109. The zero-order valence-corrected chi connectivity index (χ0v) is 23.7. The van der Waals surface area contributed by atoms with Crippen LogP contribution in [0.3, 0.4) is 0 Å². The standard InChI is InChI=1S/C38H18O8/c39-23-35-17-13-31(43-35)9-5-29(6-10-32-14-18-36(24-40)44-32)21-27-1-2-28(4-3-27)22-30(7-11-33-15-19-37(25-41)45-33)8-12-34-16-20-38(26-42)46-34/h1-4,13-26H. The van der Waals surface area contributed by atoms with Crippen molar-refractivity contribution in [2.24, 2.45) is 0 Å². The molecule has 0 saturated heterocycles. The van der Waals surface area contributed by atoms with E-state index in [9.17, 15) is 19.2 Å². The van der Waals surface area contributed by atoms with Crippen molar-refractivity contribution in [2.75, 3.05) is 0 Å². The quantitative estimate of drug-likeness (QED) is 0.164. The third kappa shape index (κ3) is 8.40. The molecule has 0 unspecified atom stereocenters. The molecule has 0 spiro atoms. The van der Waals surface area contributed by atoms with E-state index in [0.717, 1.165) is 11.1 Å². The molecule has 46 heavy (non-hydrogen) atoms. The lowest BCUT2D eigenvalue weighted by Gasteiger charge is -1.97. The van der Waals surface area contributed by atoms with Crippen LogP contribution < -0.4 is 0 Å². The molecule has 0 amide bonds. The van der Waals surface area contributed by atoms with Gasteiger partial charge in [-0.3, -0.25) is 19.2 Å². The molecule has 0 fully saturated rings. The predicted octanol–water partition coefficient (Wildman–Crippen LogP) is 6.28. The second-order valence-corrected chi connectivity index (χ2v) is 9.06. The van der Waals surface area contributed by atoms with E-state index in [1.54, 1.807) is 36.4 Å². The van der Waals surface area contributed by atoms with Crippen LogP contribution in [-0.2, 0) is 0 Å². The van der Waals surface area contributed by atoms with Crippen LogP contribution in [0.5, 0.6) is 0 Å². The first-order valence-electron chi connectivity index (χ1n) is 13.3. The molecule has 0 radical (unpaired) electrons. The van der Waals surface area contributed by atoms with E-state index in [0.29, 0.717) is 59.3 Å². The van der Waals surface area contributed by atoms with Gasteiger partial charge in [-0.2, -0.15) is 0 Å². The number of hydrogen-bond donors (Lipinski definition) is 0. The van der Waals surface area contributed by atoms with Gasteiger partial charge in [-0.05, 0) is 119 Å². The molecule has 0 aliphatic heterocycles. The second-order valence-electron chi connectivity index (χ2n) is 9.06. The smallest absolute Gasteiger partial charge is 0.185 e. The molecule has 8 heteroatoms. The lowest BCUT2D eigenvalue weighted by Crippen LogP contribution is -1.81. The van der Waals surface area contributed by atoms with Gasteiger partial charge in [0.25, 0.3) is 0 Å². The number of furan rings is 4. The van der Waals surface area contributed by atoms with Crippen LogP contribution in [0, 0.1) is 47.4 Å². The van der Waals surface area contributed by atoms with Crippen molar-refractivity contribution >= 4 is 37.3 Å². The van der Waals surface area contributed by atoms with Crippen LogP contribution >= 0.6 is 0 Å². The Morgan fingerprint density at radius 1 is 0.391 bits per heavy atom. The van der Waals surface area contributed by atoms with E-state index in [4.69, 9.17) is 17.7 Å². The molecule has 0 aliphatic rings. The molecule has 0 bridgehead atoms. The second kappa shape index (κ2) is 14.8. The maximum Gasteiger partial charge on any atom is 0.185 e. The summed E-state index contributed by atoms with van der Waals surface area (Å²) >= 11 is 0. The molecule has 1 aromatic carbocycles. The van der Waals surface area contributed by atoms with Crippen molar-refractivity contribution in [3.8, 4) is 47.4 Å². The molecule has 4 heterocycles. The molecule has 4 aromatic heterocycles. The highest BCUT2D eigenvalue weighted by Crippen LogP contribution is 2.14. The topological polar surface area (TPSA) is 121 Å². The summed E-state index contributed by atoms with van der Waals surface area (Å²) in [7, 11) is 0. The number of benzene rings is 1. The van der Waals surface area contributed by atoms with Crippen molar-refractivity contribution < 1.29 is 36.8 Å². The maximum absolute atomic E-state index is 10.9. The fourth-order valence-corrected chi connectivity index (χ4v) is 3.68. The summed E-state index contributed by atoms with van der Waals surface area (Å²) in [5.74, 6) is 24.9. The van der Waals surface area contributed by atoms with E-state index >= 15 is 0 Å². The largest absolute Gasteiger partial charge is 0.445 e. The highest BCUT2D eigenvalue weighted by Gasteiger charge is 2.02. The number of carbonyl (C=O) groups is 4. The van der Waals surface area contributed by atoms with Crippen molar-refractivity contribution in [1.29, 1.82) is 0 Å². The average Bonchev–Trinajstić information content (AvgIpc) is 3.92. The number of hydrogen-bond acceptors (Lipinski definition) is 8. The Morgan fingerprint density at radius 2 is 0.652 bits per heavy atom. The van der Waals surface area contributed by atoms with Gasteiger partial charge >= 0.3 is 0 Å². The Bertz CT molecular complexity index is 1950. The molecule has 8 nitrogen and oxygen atoms in total. The van der Waals surface area contributed by atoms with Gasteiger partial charge in [0.05, 0.1) is 11.1 Å². The van der Waals surface area contributed by atoms with Crippen molar-refractivity contribution in [3.63, 3.8) is 0 Å². The van der Waals surface area contributed by atoms with Gasteiger partial charge in [0, 0.05) is 0 Å². The maximum atomic E-state index is 10.9.